The molecule has 2 nitrogen and oxygen atoms in total. The zero-order valence-corrected chi connectivity index (χ0v) is 12.8. The summed E-state index contributed by atoms with van der Waals surface area (Å²) < 4.78 is 1.11. The second-order valence-corrected chi connectivity index (χ2v) is 6.81. The van der Waals surface area contributed by atoms with Gasteiger partial charge in [-0.05, 0) is 55.6 Å². The van der Waals surface area contributed by atoms with Crippen molar-refractivity contribution >= 4 is 27.5 Å². The van der Waals surface area contributed by atoms with E-state index in [1.54, 1.807) is 0 Å². The Labute approximate surface area is 122 Å². The fraction of sp³-hybridized carbons (Fsp3) is 0.571. The molecule has 3 unspecified atom stereocenters. The Hall–Kier alpha value is -0.0900. The van der Waals surface area contributed by atoms with Gasteiger partial charge in [0.25, 0.3) is 0 Å². The Morgan fingerprint density at radius 2 is 2.28 bits per heavy atom. The second kappa shape index (κ2) is 5.12. The molecule has 1 N–H and O–H groups in total. The van der Waals surface area contributed by atoms with Crippen LogP contribution < -0.4 is 5.32 Å². The van der Waals surface area contributed by atoms with Gasteiger partial charge >= 0.3 is 0 Å². The molecule has 0 amide bonds. The van der Waals surface area contributed by atoms with E-state index in [0.29, 0.717) is 6.04 Å². The molecule has 98 valence electrons. The first kappa shape index (κ1) is 12.9. The van der Waals surface area contributed by atoms with Crippen molar-refractivity contribution in [3.05, 3.63) is 33.3 Å². The minimum Gasteiger partial charge on any atom is -0.316 e. The molecular formula is C14H18BrClN2. The van der Waals surface area contributed by atoms with Crippen molar-refractivity contribution < 1.29 is 0 Å². The average Bonchev–Trinajstić information content (AvgIpc) is 2.89. The third kappa shape index (κ3) is 2.34. The normalized spacial score (nSPS) is 31.8. The molecule has 2 aliphatic heterocycles. The zero-order chi connectivity index (χ0) is 12.7. The number of benzene rings is 1. The first-order chi connectivity index (χ1) is 8.65. The lowest BCUT2D eigenvalue weighted by Gasteiger charge is -2.24. The highest BCUT2D eigenvalue weighted by Gasteiger charge is 2.41. The maximum absolute atomic E-state index is 6.28. The van der Waals surface area contributed by atoms with Crippen LogP contribution in [0.15, 0.2) is 22.7 Å². The highest BCUT2D eigenvalue weighted by molar-refractivity contribution is 9.10. The summed E-state index contributed by atoms with van der Waals surface area (Å²) in [5.74, 6) is 1.64. The van der Waals surface area contributed by atoms with E-state index in [-0.39, 0.29) is 0 Å². The van der Waals surface area contributed by atoms with E-state index in [0.717, 1.165) is 27.9 Å². The van der Waals surface area contributed by atoms with Crippen molar-refractivity contribution in [2.75, 3.05) is 19.6 Å². The molecular weight excluding hydrogens is 312 g/mol. The quantitative estimate of drug-likeness (QED) is 0.897. The Kier molecular flexibility index (Phi) is 3.68. The van der Waals surface area contributed by atoms with Crippen LogP contribution in [0.1, 0.15) is 12.5 Å². The number of hydrogen-bond donors (Lipinski definition) is 1. The molecule has 3 rings (SSSR count). The van der Waals surface area contributed by atoms with Gasteiger partial charge in [0.2, 0.25) is 0 Å². The van der Waals surface area contributed by atoms with Crippen LogP contribution in [-0.4, -0.2) is 30.6 Å². The second-order valence-electron chi connectivity index (χ2n) is 5.49. The maximum atomic E-state index is 6.28. The highest BCUT2D eigenvalue weighted by atomic mass is 79.9. The standard InChI is InChI=1S/C14H18BrClN2/c1-9-13-6-17-5-11(13)8-18(9)7-10-4-12(15)2-3-14(10)16/h2-4,9,11,13,17H,5-8H2,1H3. The Bertz CT molecular complexity index is 451. The Morgan fingerprint density at radius 1 is 1.44 bits per heavy atom. The molecule has 3 atom stereocenters. The van der Waals surface area contributed by atoms with E-state index in [1.165, 1.54) is 25.2 Å². The van der Waals surface area contributed by atoms with E-state index in [1.807, 2.05) is 12.1 Å². The summed E-state index contributed by atoms with van der Waals surface area (Å²) in [6, 6.07) is 6.77. The molecule has 2 heterocycles. The summed E-state index contributed by atoms with van der Waals surface area (Å²) in [6.07, 6.45) is 0. The number of nitrogens with one attached hydrogen (secondary N) is 1. The van der Waals surface area contributed by atoms with E-state index < -0.39 is 0 Å². The third-order valence-electron chi connectivity index (χ3n) is 4.44. The van der Waals surface area contributed by atoms with Gasteiger partial charge in [-0.15, -0.1) is 0 Å². The van der Waals surface area contributed by atoms with Gasteiger partial charge in [0, 0.05) is 28.6 Å². The Balaban J connectivity index is 1.75. The molecule has 2 fully saturated rings. The third-order valence-corrected chi connectivity index (χ3v) is 5.30. The number of rotatable bonds is 2. The monoisotopic (exact) mass is 328 g/mol. The molecule has 0 aromatic heterocycles. The van der Waals surface area contributed by atoms with Crippen LogP contribution in [0.25, 0.3) is 0 Å². The first-order valence-corrected chi connectivity index (χ1v) is 7.71. The summed E-state index contributed by atoms with van der Waals surface area (Å²) in [6.45, 7) is 6.87. The largest absolute Gasteiger partial charge is 0.316 e. The predicted octanol–water partition coefficient (Wildman–Crippen LogP) is 3.14. The minimum atomic E-state index is 0.653. The van der Waals surface area contributed by atoms with Gasteiger partial charge in [-0.3, -0.25) is 4.90 Å². The van der Waals surface area contributed by atoms with Crippen molar-refractivity contribution in [3.63, 3.8) is 0 Å². The zero-order valence-electron chi connectivity index (χ0n) is 10.5. The molecule has 0 aliphatic carbocycles. The van der Waals surface area contributed by atoms with Crippen LogP contribution in [0.5, 0.6) is 0 Å². The van der Waals surface area contributed by atoms with E-state index in [2.05, 4.69) is 39.1 Å². The number of likely N-dealkylation sites (tertiary alicyclic amines) is 1. The van der Waals surface area contributed by atoms with Crippen LogP contribution in [0.4, 0.5) is 0 Å². The lowest BCUT2D eigenvalue weighted by Crippen LogP contribution is -2.32. The van der Waals surface area contributed by atoms with Crippen molar-refractivity contribution in [1.82, 2.24) is 10.2 Å². The number of fused-ring (bicyclic) bond motifs is 1. The summed E-state index contributed by atoms with van der Waals surface area (Å²) in [5, 5.41) is 4.37. The molecule has 2 aliphatic rings. The Morgan fingerprint density at radius 3 is 3.06 bits per heavy atom. The minimum absolute atomic E-state index is 0.653. The smallest absolute Gasteiger partial charge is 0.0451 e. The van der Waals surface area contributed by atoms with Gasteiger partial charge in [-0.2, -0.15) is 0 Å². The molecule has 1 aromatic rings. The van der Waals surface area contributed by atoms with Gasteiger partial charge in [0.1, 0.15) is 0 Å². The fourth-order valence-corrected chi connectivity index (χ4v) is 3.93. The van der Waals surface area contributed by atoms with E-state index in [4.69, 9.17) is 11.6 Å². The van der Waals surface area contributed by atoms with Crippen LogP contribution in [0, 0.1) is 11.8 Å². The number of nitrogens with zero attached hydrogens (tertiary/aromatic N) is 1. The highest BCUT2D eigenvalue weighted by Crippen LogP contribution is 2.34. The van der Waals surface area contributed by atoms with E-state index in [9.17, 15) is 0 Å². The van der Waals surface area contributed by atoms with Gasteiger partial charge in [-0.1, -0.05) is 27.5 Å². The van der Waals surface area contributed by atoms with Crippen LogP contribution in [0.2, 0.25) is 5.02 Å². The summed E-state index contributed by atoms with van der Waals surface area (Å²) in [7, 11) is 0. The molecule has 0 saturated carbocycles. The molecule has 0 spiro atoms. The van der Waals surface area contributed by atoms with Gasteiger partial charge in [0.05, 0.1) is 0 Å². The SMILES string of the molecule is CC1C2CNCC2CN1Cc1cc(Br)ccc1Cl. The number of halogens is 2. The fourth-order valence-electron chi connectivity index (χ4n) is 3.35. The van der Waals surface area contributed by atoms with Crippen molar-refractivity contribution in [2.45, 2.75) is 19.5 Å². The van der Waals surface area contributed by atoms with Gasteiger partial charge in [0.15, 0.2) is 0 Å². The topological polar surface area (TPSA) is 15.3 Å². The average molecular weight is 330 g/mol. The molecule has 0 radical (unpaired) electrons. The van der Waals surface area contributed by atoms with Crippen LogP contribution in [0.3, 0.4) is 0 Å². The molecule has 1 aromatic carbocycles. The summed E-state index contributed by atoms with van der Waals surface area (Å²) in [4.78, 5) is 2.57. The van der Waals surface area contributed by atoms with E-state index >= 15 is 0 Å². The molecule has 0 bridgehead atoms. The summed E-state index contributed by atoms with van der Waals surface area (Å²) >= 11 is 9.81. The van der Waals surface area contributed by atoms with Crippen molar-refractivity contribution in [3.8, 4) is 0 Å². The maximum Gasteiger partial charge on any atom is 0.0451 e. The van der Waals surface area contributed by atoms with Crippen LogP contribution >= 0.6 is 27.5 Å². The van der Waals surface area contributed by atoms with Crippen molar-refractivity contribution in [2.24, 2.45) is 11.8 Å². The molecule has 4 heteroatoms. The van der Waals surface area contributed by atoms with Crippen LogP contribution in [-0.2, 0) is 6.54 Å². The number of hydrogen-bond acceptors (Lipinski definition) is 2. The molecule has 2 saturated heterocycles. The lowest BCUT2D eigenvalue weighted by molar-refractivity contribution is 0.231. The summed E-state index contributed by atoms with van der Waals surface area (Å²) in [5.41, 5.74) is 1.23. The van der Waals surface area contributed by atoms with Gasteiger partial charge < -0.3 is 5.32 Å². The lowest BCUT2D eigenvalue weighted by atomic mass is 9.95. The van der Waals surface area contributed by atoms with Gasteiger partial charge in [-0.25, -0.2) is 0 Å². The predicted molar refractivity (Wildman–Crippen MR) is 78.9 cm³/mol. The first-order valence-electron chi connectivity index (χ1n) is 6.54. The molecule has 18 heavy (non-hydrogen) atoms. The van der Waals surface area contributed by atoms with Crippen molar-refractivity contribution in [1.29, 1.82) is 0 Å².